The predicted molar refractivity (Wildman–Crippen MR) is 58.6 cm³/mol. The summed E-state index contributed by atoms with van der Waals surface area (Å²) in [7, 11) is 0. The van der Waals surface area contributed by atoms with Gasteiger partial charge in [-0.15, -0.1) is 0 Å². The Balaban J connectivity index is 2.86. The standard InChI is InChI=1S/C10H10F3NOS/c1-6-2-3-7(9(14)16)4-8(6)15-5-10(11,12)13/h2-4H,5H2,1H3,(H2,14,16). The minimum atomic E-state index is -4.36. The maximum atomic E-state index is 12.0. The fraction of sp³-hybridized carbons (Fsp3) is 0.300. The smallest absolute Gasteiger partial charge is 0.422 e. The zero-order chi connectivity index (χ0) is 12.3. The molecule has 0 saturated heterocycles. The molecule has 0 fully saturated rings. The minimum Gasteiger partial charge on any atom is -0.484 e. The Morgan fingerprint density at radius 3 is 2.56 bits per heavy atom. The third-order valence-electron chi connectivity index (χ3n) is 1.86. The summed E-state index contributed by atoms with van der Waals surface area (Å²) in [6.45, 7) is 0.323. The molecule has 0 aromatic heterocycles. The van der Waals surface area contributed by atoms with Crippen LogP contribution in [0.4, 0.5) is 13.2 Å². The van der Waals surface area contributed by atoms with Crippen LogP contribution in [-0.4, -0.2) is 17.8 Å². The first-order valence-electron chi connectivity index (χ1n) is 4.39. The van der Waals surface area contributed by atoms with E-state index in [1.807, 2.05) is 0 Å². The van der Waals surface area contributed by atoms with Crippen LogP contribution in [0, 0.1) is 6.92 Å². The molecule has 0 bridgehead atoms. The topological polar surface area (TPSA) is 35.2 Å². The highest BCUT2D eigenvalue weighted by Crippen LogP contribution is 2.23. The van der Waals surface area contributed by atoms with Crippen molar-refractivity contribution in [3.8, 4) is 5.75 Å². The third kappa shape index (κ3) is 3.69. The van der Waals surface area contributed by atoms with Crippen molar-refractivity contribution >= 4 is 17.2 Å². The number of aryl methyl sites for hydroxylation is 1. The van der Waals surface area contributed by atoms with Gasteiger partial charge in [0.2, 0.25) is 0 Å². The van der Waals surface area contributed by atoms with Gasteiger partial charge in [0.1, 0.15) is 10.7 Å². The highest BCUT2D eigenvalue weighted by atomic mass is 32.1. The van der Waals surface area contributed by atoms with Crippen LogP contribution in [0.5, 0.6) is 5.75 Å². The van der Waals surface area contributed by atoms with Gasteiger partial charge in [-0.3, -0.25) is 0 Å². The largest absolute Gasteiger partial charge is 0.484 e. The molecule has 0 heterocycles. The number of ether oxygens (including phenoxy) is 1. The quantitative estimate of drug-likeness (QED) is 0.836. The Morgan fingerprint density at radius 1 is 1.44 bits per heavy atom. The Bertz CT molecular complexity index is 404. The second-order valence-corrected chi connectivity index (χ2v) is 3.69. The van der Waals surface area contributed by atoms with Crippen molar-refractivity contribution < 1.29 is 17.9 Å². The maximum absolute atomic E-state index is 12.0. The Hall–Kier alpha value is -1.30. The molecule has 16 heavy (non-hydrogen) atoms. The first-order valence-corrected chi connectivity index (χ1v) is 4.80. The summed E-state index contributed by atoms with van der Waals surface area (Å²) in [6.07, 6.45) is -4.36. The molecule has 1 aromatic carbocycles. The van der Waals surface area contributed by atoms with E-state index in [0.29, 0.717) is 11.1 Å². The van der Waals surface area contributed by atoms with Gasteiger partial charge in [-0.2, -0.15) is 13.2 Å². The SMILES string of the molecule is Cc1ccc(C(N)=S)cc1OCC(F)(F)F. The van der Waals surface area contributed by atoms with Gasteiger partial charge in [-0.25, -0.2) is 0 Å². The molecule has 0 unspecified atom stereocenters. The van der Waals surface area contributed by atoms with Crippen LogP contribution >= 0.6 is 12.2 Å². The highest BCUT2D eigenvalue weighted by molar-refractivity contribution is 7.80. The molecule has 0 aliphatic heterocycles. The number of alkyl halides is 3. The van der Waals surface area contributed by atoms with Crippen molar-refractivity contribution in [2.75, 3.05) is 6.61 Å². The second-order valence-electron chi connectivity index (χ2n) is 3.25. The molecule has 2 N–H and O–H groups in total. The third-order valence-corrected chi connectivity index (χ3v) is 2.10. The van der Waals surface area contributed by atoms with E-state index >= 15 is 0 Å². The predicted octanol–water partition coefficient (Wildman–Crippen LogP) is 2.57. The second kappa shape index (κ2) is 4.69. The first kappa shape index (κ1) is 12.8. The van der Waals surface area contributed by atoms with Crippen LogP contribution in [0.15, 0.2) is 18.2 Å². The summed E-state index contributed by atoms with van der Waals surface area (Å²) in [4.78, 5) is 0.122. The van der Waals surface area contributed by atoms with Crippen LogP contribution in [0.1, 0.15) is 11.1 Å². The van der Waals surface area contributed by atoms with Gasteiger partial charge in [0.25, 0.3) is 0 Å². The van der Waals surface area contributed by atoms with Crippen molar-refractivity contribution in [2.45, 2.75) is 13.1 Å². The summed E-state index contributed by atoms with van der Waals surface area (Å²) in [5.41, 5.74) is 6.45. The van der Waals surface area contributed by atoms with E-state index in [2.05, 4.69) is 4.74 Å². The average Bonchev–Trinajstić information content (AvgIpc) is 2.14. The molecule has 0 radical (unpaired) electrons. The Kier molecular flexibility index (Phi) is 3.74. The zero-order valence-corrected chi connectivity index (χ0v) is 9.28. The summed E-state index contributed by atoms with van der Waals surface area (Å²) in [6, 6.07) is 4.65. The summed E-state index contributed by atoms with van der Waals surface area (Å²) in [5, 5.41) is 0. The summed E-state index contributed by atoms with van der Waals surface area (Å²) < 4.78 is 40.5. The lowest BCUT2D eigenvalue weighted by Gasteiger charge is -2.12. The van der Waals surface area contributed by atoms with E-state index in [-0.39, 0.29) is 10.7 Å². The molecule has 1 aromatic rings. The van der Waals surface area contributed by atoms with Gasteiger partial charge in [0, 0.05) is 5.56 Å². The Labute approximate surface area is 96.2 Å². The molecule has 0 amide bonds. The van der Waals surface area contributed by atoms with Gasteiger partial charge in [0.05, 0.1) is 0 Å². The van der Waals surface area contributed by atoms with E-state index in [9.17, 15) is 13.2 Å². The van der Waals surface area contributed by atoms with Gasteiger partial charge < -0.3 is 10.5 Å². The molecule has 6 heteroatoms. The lowest BCUT2D eigenvalue weighted by Crippen LogP contribution is -2.20. The van der Waals surface area contributed by atoms with Gasteiger partial charge in [0.15, 0.2) is 6.61 Å². The molecular weight excluding hydrogens is 239 g/mol. The molecule has 0 saturated carbocycles. The van der Waals surface area contributed by atoms with Crippen molar-refractivity contribution in [3.63, 3.8) is 0 Å². The van der Waals surface area contributed by atoms with Crippen molar-refractivity contribution in [3.05, 3.63) is 29.3 Å². The minimum absolute atomic E-state index is 0.122. The van der Waals surface area contributed by atoms with E-state index in [1.54, 1.807) is 19.1 Å². The van der Waals surface area contributed by atoms with Gasteiger partial charge in [-0.05, 0) is 18.6 Å². The van der Waals surface area contributed by atoms with Crippen LogP contribution in [0.2, 0.25) is 0 Å². The van der Waals surface area contributed by atoms with Crippen LogP contribution in [-0.2, 0) is 0 Å². The summed E-state index contributed by atoms with van der Waals surface area (Å²) >= 11 is 4.72. The molecule has 2 nitrogen and oxygen atoms in total. The number of benzene rings is 1. The molecular formula is C10H10F3NOS. The number of halogens is 3. The lowest BCUT2D eigenvalue weighted by atomic mass is 10.1. The molecule has 0 atom stereocenters. The molecule has 0 spiro atoms. The summed E-state index contributed by atoms with van der Waals surface area (Å²) in [5.74, 6) is 0.141. The van der Waals surface area contributed by atoms with Gasteiger partial charge >= 0.3 is 6.18 Å². The molecule has 0 aliphatic carbocycles. The molecule has 88 valence electrons. The van der Waals surface area contributed by atoms with E-state index in [0.717, 1.165) is 0 Å². The van der Waals surface area contributed by atoms with Crippen LogP contribution < -0.4 is 10.5 Å². The van der Waals surface area contributed by atoms with Crippen molar-refractivity contribution in [2.24, 2.45) is 5.73 Å². The first-order chi connectivity index (χ1) is 7.29. The average molecular weight is 249 g/mol. The molecule has 1 rings (SSSR count). The van der Waals surface area contributed by atoms with Crippen molar-refractivity contribution in [1.29, 1.82) is 0 Å². The van der Waals surface area contributed by atoms with Crippen LogP contribution in [0.25, 0.3) is 0 Å². The van der Waals surface area contributed by atoms with Gasteiger partial charge in [-0.1, -0.05) is 24.4 Å². The van der Waals surface area contributed by atoms with E-state index < -0.39 is 12.8 Å². The lowest BCUT2D eigenvalue weighted by molar-refractivity contribution is -0.153. The number of hydrogen-bond acceptors (Lipinski definition) is 2. The maximum Gasteiger partial charge on any atom is 0.422 e. The van der Waals surface area contributed by atoms with E-state index in [1.165, 1.54) is 6.07 Å². The number of rotatable bonds is 3. The zero-order valence-electron chi connectivity index (χ0n) is 8.47. The fourth-order valence-electron chi connectivity index (χ4n) is 1.07. The van der Waals surface area contributed by atoms with E-state index in [4.69, 9.17) is 18.0 Å². The fourth-order valence-corrected chi connectivity index (χ4v) is 1.20. The highest BCUT2D eigenvalue weighted by Gasteiger charge is 2.28. The molecule has 0 aliphatic rings. The van der Waals surface area contributed by atoms with Crippen molar-refractivity contribution in [1.82, 2.24) is 0 Å². The number of nitrogens with two attached hydrogens (primary N) is 1. The Morgan fingerprint density at radius 2 is 2.06 bits per heavy atom. The normalized spacial score (nSPS) is 11.2. The van der Waals surface area contributed by atoms with Crippen LogP contribution in [0.3, 0.4) is 0 Å². The number of thiocarbonyl (C=S) groups is 1. The number of hydrogen-bond donors (Lipinski definition) is 1. The monoisotopic (exact) mass is 249 g/mol.